The van der Waals surface area contributed by atoms with Gasteiger partial charge < -0.3 is 0 Å². The van der Waals surface area contributed by atoms with Crippen LogP contribution >= 0.6 is 0 Å². The van der Waals surface area contributed by atoms with Gasteiger partial charge >= 0.3 is 115 Å². The molecule has 0 N–H and O–H groups in total. The maximum absolute atomic E-state index is 2.67. The summed E-state index contributed by atoms with van der Waals surface area (Å²) in [6.07, 6.45) is 5.70. The second-order valence-corrected chi connectivity index (χ2v) is 13.5. The first-order chi connectivity index (χ1) is 8.23. The van der Waals surface area contributed by atoms with Crippen molar-refractivity contribution in [1.82, 2.24) is 4.90 Å². The van der Waals surface area contributed by atoms with Crippen LogP contribution in [0.4, 0.5) is 0 Å². The summed E-state index contributed by atoms with van der Waals surface area (Å²) >= 11 is -0.795. The molecule has 0 radical (unpaired) electrons. The summed E-state index contributed by atoms with van der Waals surface area (Å²) in [5.41, 5.74) is 0. The third-order valence-electron chi connectivity index (χ3n) is 4.26. The van der Waals surface area contributed by atoms with E-state index in [4.69, 9.17) is 0 Å². The van der Waals surface area contributed by atoms with E-state index in [0.717, 1.165) is 6.04 Å². The quantitative estimate of drug-likeness (QED) is 0.495. The van der Waals surface area contributed by atoms with Crippen LogP contribution in [-0.2, 0) is 0 Å². The average molecular weight is 298 g/mol. The van der Waals surface area contributed by atoms with E-state index in [2.05, 4.69) is 39.5 Å². The van der Waals surface area contributed by atoms with E-state index >= 15 is 0 Å². The normalized spacial score (nSPS) is 13.1. The second kappa shape index (κ2) is 11.7. The molecule has 102 valence electrons. The molecule has 0 aromatic heterocycles. The van der Waals surface area contributed by atoms with Crippen molar-refractivity contribution < 1.29 is 0 Å². The molecule has 0 aliphatic rings. The van der Waals surface area contributed by atoms with Crippen molar-refractivity contribution in [2.45, 2.75) is 81.3 Å². The summed E-state index contributed by atoms with van der Waals surface area (Å²) in [5.74, 6) is 0. The van der Waals surface area contributed by atoms with Crippen molar-refractivity contribution in [3.8, 4) is 0 Å². The van der Waals surface area contributed by atoms with Gasteiger partial charge in [-0.1, -0.05) is 0 Å². The molecular weight excluding hydrogens is 264 g/mol. The fraction of sp³-hybridized carbons (Fsp3) is 1.00. The zero-order valence-corrected chi connectivity index (χ0v) is 15.4. The van der Waals surface area contributed by atoms with Gasteiger partial charge in [0.15, 0.2) is 0 Å². The number of nitrogens with zero attached hydrogens (tertiary/aromatic N) is 1. The fourth-order valence-corrected chi connectivity index (χ4v) is 7.55. The molecule has 2 heteroatoms. The van der Waals surface area contributed by atoms with Crippen LogP contribution in [0, 0.1) is 0 Å². The molecule has 1 unspecified atom stereocenters. The average Bonchev–Trinajstić information content (AvgIpc) is 2.36. The van der Waals surface area contributed by atoms with Crippen LogP contribution in [-0.4, -0.2) is 40.2 Å². The van der Waals surface area contributed by atoms with Crippen LogP contribution in [0.2, 0.25) is 14.9 Å². The van der Waals surface area contributed by atoms with Gasteiger partial charge in [-0.05, 0) is 0 Å². The minimum atomic E-state index is -0.795. The predicted molar refractivity (Wildman–Crippen MR) is 82.4 cm³/mol. The van der Waals surface area contributed by atoms with Crippen molar-refractivity contribution in [2.24, 2.45) is 0 Å². The zero-order valence-electron chi connectivity index (χ0n) is 13.0. The van der Waals surface area contributed by atoms with Crippen LogP contribution in [0.1, 0.15) is 60.3 Å². The van der Waals surface area contributed by atoms with E-state index in [1.54, 1.807) is 14.9 Å². The van der Waals surface area contributed by atoms with Gasteiger partial charge in [0.25, 0.3) is 0 Å². The first kappa shape index (κ1) is 17.6. The molecule has 1 atom stereocenters. The van der Waals surface area contributed by atoms with Gasteiger partial charge in [0.2, 0.25) is 0 Å². The number of hydrogen-bond acceptors (Lipinski definition) is 1. The Balaban J connectivity index is 3.99. The van der Waals surface area contributed by atoms with E-state index in [1.165, 1.54) is 38.8 Å². The van der Waals surface area contributed by atoms with E-state index in [0.29, 0.717) is 0 Å². The molecule has 0 fully saturated rings. The Morgan fingerprint density at radius 2 is 1.47 bits per heavy atom. The van der Waals surface area contributed by atoms with Crippen LogP contribution < -0.4 is 0 Å². The summed E-state index contributed by atoms with van der Waals surface area (Å²) in [7, 11) is 0. The second-order valence-electron chi connectivity index (χ2n) is 5.28. The Labute approximate surface area is 115 Å². The molecule has 0 aromatic carbocycles. The number of rotatable bonds is 11. The molecule has 1 nitrogen and oxygen atoms in total. The van der Waals surface area contributed by atoms with Crippen molar-refractivity contribution in [3.05, 3.63) is 0 Å². The standard InChI is InChI=1S/C11H24N.2C2H5.Ga/c1-5-9-11(10-6-2)12(7-3)8-4;2*1-2;/h11H,1,5-10H2,2-4H3;2*1H2,2H3;. The van der Waals surface area contributed by atoms with Gasteiger partial charge in [0.1, 0.15) is 0 Å². The van der Waals surface area contributed by atoms with Crippen molar-refractivity contribution >= 4 is 16.2 Å². The number of hydrogen-bond donors (Lipinski definition) is 0. The third-order valence-corrected chi connectivity index (χ3v) is 11.7. The Hall–Kier alpha value is 0.596. The molecule has 0 bridgehead atoms. The molecule has 0 aliphatic heterocycles. The minimum absolute atomic E-state index is 0.795. The van der Waals surface area contributed by atoms with Gasteiger partial charge in [-0.2, -0.15) is 0 Å². The molecule has 0 spiro atoms. The molecular formula is C15H34GaN. The summed E-state index contributed by atoms with van der Waals surface area (Å²) in [4.78, 5) is 7.39. The van der Waals surface area contributed by atoms with Gasteiger partial charge in [0.05, 0.1) is 0 Å². The summed E-state index contributed by atoms with van der Waals surface area (Å²) in [5, 5.41) is 0. The van der Waals surface area contributed by atoms with Crippen molar-refractivity contribution in [1.29, 1.82) is 0 Å². The molecule has 0 amide bonds. The summed E-state index contributed by atoms with van der Waals surface area (Å²) in [6.45, 7) is 14.2. The van der Waals surface area contributed by atoms with Gasteiger partial charge in [-0.15, -0.1) is 0 Å². The molecule has 0 rings (SSSR count). The molecule has 0 heterocycles. The molecule has 17 heavy (non-hydrogen) atoms. The third kappa shape index (κ3) is 7.58. The Morgan fingerprint density at radius 3 is 1.88 bits per heavy atom. The fourth-order valence-electron chi connectivity index (χ4n) is 2.92. The van der Waals surface area contributed by atoms with E-state index < -0.39 is 16.2 Å². The topological polar surface area (TPSA) is 3.24 Å². The van der Waals surface area contributed by atoms with Gasteiger partial charge in [-0.3, -0.25) is 0 Å². The zero-order chi connectivity index (χ0) is 13.1. The summed E-state index contributed by atoms with van der Waals surface area (Å²) < 4.78 is 0. The van der Waals surface area contributed by atoms with Crippen LogP contribution in [0.15, 0.2) is 0 Å². The van der Waals surface area contributed by atoms with Crippen molar-refractivity contribution in [3.63, 3.8) is 0 Å². The monoisotopic (exact) mass is 297 g/mol. The Kier molecular flexibility index (Phi) is 12.1. The maximum atomic E-state index is 2.67. The molecule has 0 saturated carbocycles. The van der Waals surface area contributed by atoms with Gasteiger partial charge in [0, 0.05) is 0 Å². The Bertz CT molecular complexity index is 153. The first-order valence-electron chi connectivity index (χ1n) is 7.97. The van der Waals surface area contributed by atoms with Crippen LogP contribution in [0.3, 0.4) is 0 Å². The summed E-state index contributed by atoms with van der Waals surface area (Å²) in [6, 6.07) is 0.867. The van der Waals surface area contributed by atoms with Crippen LogP contribution in [0.25, 0.3) is 0 Å². The SMILES string of the molecule is CCCC(CC[CH2][Ga]([CH2]C)[CH2]C)N(CC)CC. The van der Waals surface area contributed by atoms with E-state index in [1.807, 2.05) is 0 Å². The molecule has 0 aromatic rings. The Morgan fingerprint density at radius 1 is 0.882 bits per heavy atom. The van der Waals surface area contributed by atoms with E-state index in [-0.39, 0.29) is 0 Å². The van der Waals surface area contributed by atoms with Crippen molar-refractivity contribution in [2.75, 3.05) is 13.1 Å². The van der Waals surface area contributed by atoms with E-state index in [9.17, 15) is 0 Å². The van der Waals surface area contributed by atoms with Gasteiger partial charge in [-0.25, -0.2) is 0 Å². The molecule has 0 saturated heterocycles. The van der Waals surface area contributed by atoms with Crippen LogP contribution in [0.5, 0.6) is 0 Å². The predicted octanol–water partition coefficient (Wildman–Crippen LogP) is 4.81. The first-order valence-corrected chi connectivity index (χ1v) is 13.1. The molecule has 0 aliphatic carbocycles.